The summed E-state index contributed by atoms with van der Waals surface area (Å²) in [5, 5.41) is 24.9. The van der Waals surface area contributed by atoms with Crippen molar-refractivity contribution in [2.45, 2.75) is 130 Å². The van der Waals surface area contributed by atoms with E-state index in [-0.39, 0.29) is 24.2 Å². The van der Waals surface area contributed by atoms with Gasteiger partial charge in [-0.25, -0.2) is 4.98 Å². The number of nitrogens with zero attached hydrogens (tertiary/aromatic N) is 1. The number of ketones is 1. The molecular weight excluding hydrogens is 518 g/mol. The highest BCUT2D eigenvalue weighted by Gasteiger charge is 2.51. The number of Topliss-reactive ketones (excluding diaryl/α,β-unsaturated/α-hetero) is 1. The van der Waals surface area contributed by atoms with Crippen molar-refractivity contribution in [2.24, 2.45) is 17.3 Å². The third kappa shape index (κ3) is 7.55. The van der Waals surface area contributed by atoms with Crippen LogP contribution in [0.3, 0.4) is 0 Å². The van der Waals surface area contributed by atoms with Crippen LogP contribution in [0.25, 0.3) is 6.08 Å². The third-order valence-corrected chi connectivity index (χ3v) is 9.27. The van der Waals surface area contributed by atoms with Crippen LogP contribution in [0.4, 0.5) is 0 Å². The molecule has 0 amide bonds. The molecule has 0 saturated carbocycles. The maximum absolute atomic E-state index is 13.4. The Bertz CT molecular complexity index is 1060. The zero-order valence-corrected chi connectivity index (χ0v) is 25.8. The number of aliphatic hydroxyl groups excluding tert-OH is 2. The van der Waals surface area contributed by atoms with Gasteiger partial charge in [-0.2, -0.15) is 0 Å². The van der Waals surface area contributed by atoms with Gasteiger partial charge in [0.05, 0.1) is 46.5 Å². The maximum atomic E-state index is 13.4. The Hall–Kier alpha value is -1.65. The van der Waals surface area contributed by atoms with Crippen molar-refractivity contribution in [1.29, 1.82) is 0 Å². The standard InChI is InChI=1S/C30H47NO7S/c1-17-11-10-12-30(9)24(37-29(7,8)38-30)14-22(18(2)13-21-16-39-20(4)31-21)36-25(33)15-23(32)28(5,6)27(35)19(3)26(17)34/h13,16-17,19,22-24,26,32,34H,10-12,14-15H2,1-9H3/b18-13+/t17-,19+,22-,23-,24+,26?,30+/m0/s1. The second-order valence-electron chi connectivity index (χ2n) is 12.8. The van der Waals surface area contributed by atoms with E-state index in [1.54, 1.807) is 32.1 Å². The molecule has 2 saturated heterocycles. The monoisotopic (exact) mass is 565 g/mol. The minimum atomic E-state index is -1.27. The van der Waals surface area contributed by atoms with Crippen LogP contribution in [0.1, 0.15) is 98.2 Å². The summed E-state index contributed by atoms with van der Waals surface area (Å²) in [6.07, 6.45) is 0.940. The summed E-state index contributed by atoms with van der Waals surface area (Å²) in [6, 6.07) is 0. The predicted octanol–water partition coefficient (Wildman–Crippen LogP) is 5.23. The maximum Gasteiger partial charge on any atom is 0.309 e. The van der Waals surface area contributed by atoms with Crippen LogP contribution in [0.2, 0.25) is 0 Å². The topological polar surface area (TPSA) is 115 Å². The number of hydrogen-bond donors (Lipinski definition) is 2. The first-order valence-electron chi connectivity index (χ1n) is 14.0. The molecule has 2 aliphatic heterocycles. The molecule has 7 atom stereocenters. The lowest BCUT2D eigenvalue weighted by Crippen LogP contribution is -2.46. The molecule has 0 aromatic carbocycles. The number of fused-ring (bicyclic) bond motifs is 1. The molecule has 1 aromatic rings. The fourth-order valence-electron chi connectivity index (χ4n) is 5.89. The second-order valence-corrected chi connectivity index (χ2v) is 13.8. The van der Waals surface area contributed by atoms with Crippen LogP contribution in [0.15, 0.2) is 11.0 Å². The first-order chi connectivity index (χ1) is 17.9. The van der Waals surface area contributed by atoms with E-state index in [1.165, 1.54) is 0 Å². The zero-order valence-electron chi connectivity index (χ0n) is 24.9. The number of aliphatic hydroxyl groups is 2. The number of carbonyl (C=O) groups excluding carboxylic acids is 2. The van der Waals surface area contributed by atoms with E-state index in [0.717, 1.165) is 22.7 Å². The molecule has 0 radical (unpaired) electrons. The number of rotatable bonds is 2. The van der Waals surface area contributed by atoms with Crippen LogP contribution < -0.4 is 0 Å². The van der Waals surface area contributed by atoms with E-state index in [4.69, 9.17) is 14.2 Å². The van der Waals surface area contributed by atoms with Gasteiger partial charge < -0.3 is 24.4 Å². The number of carbonyl (C=O) groups is 2. The third-order valence-electron chi connectivity index (χ3n) is 8.48. The van der Waals surface area contributed by atoms with Crippen molar-refractivity contribution in [2.75, 3.05) is 0 Å². The van der Waals surface area contributed by atoms with Crippen LogP contribution in [0, 0.1) is 24.2 Å². The van der Waals surface area contributed by atoms with Crippen molar-refractivity contribution in [1.82, 2.24) is 4.98 Å². The molecule has 0 aliphatic carbocycles. The first-order valence-corrected chi connectivity index (χ1v) is 14.9. The summed E-state index contributed by atoms with van der Waals surface area (Å²) in [4.78, 5) is 31.1. The van der Waals surface area contributed by atoms with E-state index < -0.39 is 47.0 Å². The summed E-state index contributed by atoms with van der Waals surface area (Å²) in [7, 11) is 0. The van der Waals surface area contributed by atoms with Crippen molar-refractivity contribution < 1.29 is 34.0 Å². The van der Waals surface area contributed by atoms with Gasteiger partial charge in [-0.3, -0.25) is 9.59 Å². The smallest absolute Gasteiger partial charge is 0.309 e. The molecule has 2 N–H and O–H groups in total. The molecule has 9 heteroatoms. The van der Waals surface area contributed by atoms with Crippen molar-refractivity contribution in [3.8, 4) is 0 Å². The Morgan fingerprint density at radius 3 is 2.44 bits per heavy atom. The molecule has 1 unspecified atom stereocenters. The van der Waals surface area contributed by atoms with Gasteiger partial charge >= 0.3 is 5.97 Å². The van der Waals surface area contributed by atoms with E-state index in [1.807, 2.05) is 53.0 Å². The minimum absolute atomic E-state index is 0.133. The lowest BCUT2D eigenvalue weighted by atomic mass is 9.73. The summed E-state index contributed by atoms with van der Waals surface area (Å²) in [5.74, 6) is -2.52. The van der Waals surface area contributed by atoms with Gasteiger partial charge in [-0.15, -0.1) is 11.3 Å². The van der Waals surface area contributed by atoms with E-state index in [2.05, 4.69) is 4.98 Å². The minimum Gasteiger partial charge on any atom is -0.458 e. The van der Waals surface area contributed by atoms with Crippen LogP contribution in [-0.2, 0) is 23.8 Å². The predicted molar refractivity (Wildman–Crippen MR) is 151 cm³/mol. The molecule has 2 aliphatic rings. The van der Waals surface area contributed by atoms with Crippen molar-refractivity contribution in [3.63, 3.8) is 0 Å². The Balaban J connectivity index is 1.98. The molecule has 220 valence electrons. The molecule has 0 bridgehead atoms. The molecule has 2 fully saturated rings. The number of aryl methyl sites for hydroxylation is 1. The van der Waals surface area contributed by atoms with E-state index in [9.17, 15) is 19.8 Å². The summed E-state index contributed by atoms with van der Waals surface area (Å²) < 4.78 is 18.8. The molecular formula is C30H47NO7S. The van der Waals surface area contributed by atoms with Gasteiger partial charge in [-0.1, -0.05) is 34.1 Å². The van der Waals surface area contributed by atoms with E-state index in [0.29, 0.717) is 19.3 Å². The Morgan fingerprint density at radius 2 is 1.82 bits per heavy atom. The Kier molecular flexibility index (Phi) is 9.86. The van der Waals surface area contributed by atoms with Crippen LogP contribution >= 0.6 is 11.3 Å². The lowest BCUT2D eigenvalue weighted by Gasteiger charge is -2.36. The SMILES string of the molecule is C/C(=C\c1csc(C)n1)[C@@H]1C[C@H]2OC(C)(C)O[C@]2(C)CCC[C@H](C)C(O)[C@@H](C)C(=O)C(C)(C)[C@@H](O)CC(=O)O1. The highest BCUT2D eigenvalue weighted by Crippen LogP contribution is 2.43. The van der Waals surface area contributed by atoms with Crippen LogP contribution in [0.5, 0.6) is 0 Å². The average molecular weight is 566 g/mol. The number of cyclic esters (lactones) is 1. The Morgan fingerprint density at radius 1 is 1.15 bits per heavy atom. The van der Waals surface area contributed by atoms with Gasteiger partial charge in [0.25, 0.3) is 0 Å². The fourth-order valence-corrected chi connectivity index (χ4v) is 6.46. The lowest BCUT2D eigenvalue weighted by molar-refractivity contribution is -0.163. The number of aromatic nitrogens is 1. The summed E-state index contributed by atoms with van der Waals surface area (Å²) in [6.45, 7) is 16.5. The van der Waals surface area contributed by atoms with Crippen LogP contribution in [-0.4, -0.2) is 62.8 Å². The molecule has 0 spiro atoms. The van der Waals surface area contributed by atoms with Gasteiger partial charge in [0.2, 0.25) is 0 Å². The molecule has 39 heavy (non-hydrogen) atoms. The highest BCUT2D eigenvalue weighted by atomic mass is 32.1. The quantitative estimate of drug-likeness (QED) is 0.469. The molecule has 3 heterocycles. The van der Waals surface area contributed by atoms with Gasteiger partial charge in [-0.05, 0) is 65.0 Å². The number of esters is 1. The normalized spacial score (nSPS) is 36.8. The Labute approximate surface area is 237 Å². The highest BCUT2D eigenvalue weighted by molar-refractivity contribution is 7.09. The summed E-state index contributed by atoms with van der Waals surface area (Å²) in [5.41, 5.74) is -0.283. The first kappa shape index (κ1) is 31.9. The van der Waals surface area contributed by atoms with Crippen molar-refractivity contribution >= 4 is 29.2 Å². The number of hydrogen-bond acceptors (Lipinski definition) is 9. The van der Waals surface area contributed by atoms with E-state index >= 15 is 0 Å². The van der Waals surface area contributed by atoms with Gasteiger partial charge in [0.15, 0.2) is 5.79 Å². The largest absolute Gasteiger partial charge is 0.458 e. The molecule has 8 nitrogen and oxygen atoms in total. The fraction of sp³-hybridized carbons (Fsp3) is 0.767. The average Bonchev–Trinajstić information content (AvgIpc) is 3.34. The number of ether oxygens (including phenoxy) is 3. The second kappa shape index (κ2) is 12.1. The summed E-state index contributed by atoms with van der Waals surface area (Å²) >= 11 is 1.54. The van der Waals surface area contributed by atoms with Gasteiger partial charge in [0.1, 0.15) is 11.9 Å². The van der Waals surface area contributed by atoms with Crippen molar-refractivity contribution in [3.05, 3.63) is 21.7 Å². The number of thiazole rings is 1. The van der Waals surface area contributed by atoms with Gasteiger partial charge in [0, 0.05) is 17.7 Å². The molecule has 1 aromatic heterocycles. The molecule has 3 rings (SSSR count). The zero-order chi connectivity index (χ0) is 29.3.